The minimum Gasteiger partial charge on any atom is -0.335 e. The zero-order valence-electron chi connectivity index (χ0n) is 16.1. The van der Waals surface area contributed by atoms with Crippen molar-refractivity contribution < 1.29 is 13.2 Å². The first kappa shape index (κ1) is 19.4. The van der Waals surface area contributed by atoms with E-state index < -0.39 is 14.7 Å². The molecule has 2 N–H and O–H groups in total. The Balaban J connectivity index is 1.74. The van der Waals surface area contributed by atoms with Crippen molar-refractivity contribution in [2.24, 2.45) is 5.92 Å². The Bertz CT molecular complexity index is 953. The fraction of sp³-hybridized carbons (Fsp3) is 0.500. The van der Waals surface area contributed by atoms with E-state index in [9.17, 15) is 13.2 Å². The van der Waals surface area contributed by atoms with Gasteiger partial charge in [0.25, 0.3) is 0 Å². The van der Waals surface area contributed by atoms with Crippen LogP contribution in [0.3, 0.4) is 0 Å². The molecule has 1 aliphatic heterocycles. The number of nitrogens with one attached hydrogen (secondary N) is 2. The molecule has 1 saturated heterocycles. The van der Waals surface area contributed by atoms with Crippen molar-refractivity contribution in [2.45, 2.75) is 54.7 Å². The molecule has 1 amide bonds. The predicted octanol–water partition coefficient (Wildman–Crippen LogP) is 3.39. The molecular weight excluding hydrogens is 372 g/mol. The highest BCUT2D eigenvalue weighted by Crippen LogP contribution is 2.35. The molecule has 0 radical (unpaired) electrons. The number of rotatable bonds is 4. The third-order valence-corrected chi connectivity index (χ3v) is 8.64. The van der Waals surface area contributed by atoms with Crippen molar-refractivity contribution in [3.63, 3.8) is 0 Å². The number of carbonyl (C=O) groups is 1. The van der Waals surface area contributed by atoms with Crippen LogP contribution in [-0.4, -0.2) is 32.3 Å². The summed E-state index contributed by atoms with van der Waals surface area (Å²) < 4.78 is 27.8. The number of fused-ring (bicyclic) bond motifs is 1. The molecule has 1 aliphatic carbocycles. The summed E-state index contributed by atoms with van der Waals surface area (Å²) in [5, 5.41) is 7.83. The fourth-order valence-corrected chi connectivity index (χ4v) is 6.71. The normalized spacial score (nSPS) is 24.1. The van der Waals surface area contributed by atoms with E-state index in [0.29, 0.717) is 16.7 Å². The molecule has 0 bridgehead atoms. The number of carbonyl (C=O) groups excluding carboxylic acids is 1. The molecule has 1 saturated carbocycles. The van der Waals surface area contributed by atoms with Gasteiger partial charge in [0.1, 0.15) is 0 Å². The highest BCUT2D eigenvalue weighted by molar-refractivity contribution is 7.93. The maximum Gasteiger partial charge on any atom is 0.224 e. The summed E-state index contributed by atoms with van der Waals surface area (Å²) >= 11 is 0. The van der Waals surface area contributed by atoms with Crippen LogP contribution in [0, 0.1) is 5.92 Å². The number of amides is 1. The van der Waals surface area contributed by atoms with Gasteiger partial charge in [0.15, 0.2) is 4.87 Å². The second kappa shape index (κ2) is 7.84. The van der Waals surface area contributed by atoms with Crippen LogP contribution in [0.1, 0.15) is 44.9 Å². The maximum absolute atomic E-state index is 13.9. The van der Waals surface area contributed by atoms with E-state index in [1.165, 1.54) is 0 Å². The van der Waals surface area contributed by atoms with E-state index in [0.717, 1.165) is 50.5 Å². The van der Waals surface area contributed by atoms with E-state index in [2.05, 4.69) is 10.6 Å². The molecule has 2 aromatic carbocycles. The number of hydrogen-bond donors (Lipinski definition) is 2. The van der Waals surface area contributed by atoms with Gasteiger partial charge in [-0.25, -0.2) is 8.42 Å². The Kier molecular flexibility index (Phi) is 5.43. The SMILES string of the molecule is O=C(N[C@]1(S(=O)(=O)c2cccc3ccccc23)CCCNC1)C1CCCCC1. The molecule has 150 valence electrons. The monoisotopic (exact) mass is 400 g/mol. The average Bonchev–Trinajstić information content (AvgIpc) is 2.74. The van der Waals surface area contributed by atoms with Gasteiger partial charge in [-0.05, 0) is 43.7 Å². The number of hydrogen-bond acceptors (Lipinski definition) is 4. The van der Waals surface area contributed by atoms with Crippen molar-refractivity contribution in [3.8, 4) is 0 Å². The molecule has 28 heavy (non-hydrogen) atoms. The highest BCUT2D eigenvalue weighted by Gasteiger charge is 2.48. The lowest BCUT2D eigenvalue weighted by atomic mass is 9.88. The number of piperidine rings is 1. The van der Waals surface area contributed by atoms with Crippen LogP contribution in [-0.2, 0) is 14.6 Å². The Morgan fingerprint density at radius 1 is 1.00 bits per heavy atom. The quantitative estimate of drug-likeness (QED) is 0.825. The lowest BCUT2D eigenvalue weighted by Crippen LogP contribution is -2.63. The minimum absolute atomic E-state index is 0.0738. The van der Waals surface area contributed by atoms with Crippen LogP contribution in [0.2, 0.25) is 0 Å². The summed E-state index contributed by atoms with van der Waals surface area (Å²) in [5.41, 5.74) is 0. The summed E-state index contributed by atoms with van der Waals surface area (Å²) in [4.78, 5) is 12.0. The molecule has 2 aromatic rings. The third-order valence-electron chi connectivity index (χ3n) is 6.23. The van der Waals surface area contributed by atoms with E-state index in [-0.39, 0.29) is 18.4 Å². The molecule has 1 atom stereocenters. The van der Waals surface area contributed by atoms with Gasteiger partial charge in [0.05, 0.1) is 4.90 Å². The Morgan fingerprint density at radius 2 is 1.75 bits per heavy atom. The van der Waals surface area contributed by atoms with Gasteiger partial charge in [-0.1, -0.05) is 55.7 Å². The van der Waals surface area contributed by atoms with E-state index in [4.69, 9.17) is 0 Å². The largest absolute Gasteiger partial charge is 0.335 e. The zero-order valence-corrected chi connectivity index (χ0v) is 16.9. The van der Waals surface area contributed by atoms with Crippen molar-refractivity contribution in [3.05, 3.63) is 42.5 Å². The highest BCUT2D eigenvalue weighted by atomic mass is 32.2. The van der Waals surface area contributed by atoms with E-state index in [1.807, 2.05) is 30.3 Å². The fourth-order valence-electron chi connectivity index (χ4n) is 4.61. The molecule has 2 fully saturated rings. The van der Waals surface area contributed by atoms with E-state index in [1.54, 1.807) is 12.1 Å². The lowest BCUT2D eigenvalue weighted by molar-refractivity contribution is -0.127. The van der Waals surface area contributed by atoms with Crippen LogP contribution in [0.4, 0.5) is 0 Å². The smallest absolute Gasteiger partial charge is 0.224 e. The first-order valence-corrected chi connectivity index (χ1v) is 11.8. The van der Waals surface area contributed by atoms with Gasteiger partial charge in [-0.2, -0.15) is 0 Å². The van der Waals surface area contributed by atoms with E-state index >= 15 is 0 Å². The van der Waals surface area contributed by atoms with Crippen LogP contribution in [0.15, 0.2) is 47.4 Å². The molecule has 6 heteroatoms. The molecule has 0 aromatic heterocycles. The molecule has 4 rings (SSSR count). The Morgan fingerprint density at radius 3 is 2.50 bits per heavy atom. The number of sulfone groups is 1. The maximum atomic E-state index is 13.9. The minimum atomic E-state index is -3.78. The standard InChI is InChI=1S/C22H28N2O3S/c25-21(18-9-2-1-3-10-18)24-22(14-7-15-23-16-22)28(26,27)20-13-6-11-17-8-4-5-12-19(17)20/h4-6,8,11-13,18,23H,1-3,7,9-10,14-16H2,(H,24,25)/t22-/m0/s1. The summed E-state index contributed by atoms with van der Waals surface area (Å²) in [6, 6.07) is 12.9. The lowest BCUT2D eigenvalue weighted by Gasteiger charge is -2.39. The van der Waals surface area contributed by atoms with Gasteiger partial charge in [0.2, 0.25) is 15.7 Å². The first-order chi connectivity index (χ1) is 13.5. The van der Waals surface area contributed by atoms with Crippen molar-refractivity contribution in [2.75, 3.05) is 13.1 Å². The second-order valence-corrected chi connectivity index (χ2v) is 10.3. The summed E-state index contributed by atoms with van der Waals surface area (Å²) in [7, 11) is -3.78. The molecule has 0 unspecified atom stereocenters. The Hall–Kier alpha value is -1.92. The molecule has 1 heterocycles. The van der Waals surface area contributed by atoms with Crippen molar-refractivity contribution >= 4 is 26.5 Å². The van der Waals surface area contributed by atoms with Crippen LogP contribution < -0.4 is 10.6 Å². The van der Waals surface area contributed by atoms with Crippen molar-refractivity contribution in [1.29, 1.82) is 0 Å². The summed E-state index contributed by atoms with van der Waals surface area (Å²) in [6.45, 7) is 1.02. The van der Waals surface area contributed by atoms with Gasteiger partial charge >= 0.3 is 0 Å². The van der Waals surface area contributed by atoms with Gasteiger partial charge in [0, 0.05) is 17.8 Å². The predicted molar refractivity (Wildman–Crippen MR) is 111 cm³/mol. The van der Waals surface area contributed by atoms with Gasteiger partial charge < -0.3 is 10.6 Å². The number of benzene rings is 2. The topological polar surface area (TPSA) is 75.3 Å². The second-order valence-electron chi connectivity index (χ2n) is 8.08. The molecular formula is C22H28N2O3S. The van der Waals surface area contributed by atoms with Gasteiger partial charge in [-0.15, -0.1) is 0 Å². The Labute approximate surface area is 166 Å². The van der Waals surface area contributed by atoms with Crippen LogP contribution >= 0.6 is 0 Å². The molecule has 5 nitrogen and oxygen atoms in total. The zero-order chi connectivity index (χ0) is 19.6. The molecule has 2 aliphatic rings. The first-order valence-electron chi connectivity index (χ1n) is 10.3. The van der Waals surface area contributed by atoms with Gasteiger partial charge in [-0.3, -0.25) is 4.79 Å². The van der Waals surface area contributed by atoms with Crippen LogP contribution in [0.25, 0.3) is 10.8 Å². The molecule has 0 spiro atoms. The average molecular weight is 401 g/mol. The van der Waals surface area contributed by atoms with Crippen molar-refractivity contribution in [1.82, 2.24) is 10.6 Å². The van der Waals surface area contributed by atoms with Crippen LogP contribution in [0.5, 0.6) is 0 Å². The summed E-state index contributed by atoms with van der Waals surface area (Å²) in [5.74, 6) is -0.178. The summed E-state index contributed by atoms with van der Waals surface area (Å²) in [6.07, 6.45) is 6.09. The third kappa shape index (κ3) is 3.44.